The minimum absolute atomic E-state index is 0.0269. The smallest absolute Gasteiger partial charge is 0.311 e. The molecule has 110 valence electrons. The molecule has 0 aromatic heterocycles. The molecule has 1 heterocycles. The maximum atomic E-state index is 11.0. The maximum Gasteiger partial charge on any atom is 0.311 e. The van der Waals surface area contributed by atoms with Gasteiger partial charge in [0, 0.05) is 18.0 Å². The van der Waals surface area contributed by atoms with Crippen molar-refractivity contribution in [3.8, 4) is 5.75 Å². The van der Waals surface area contributed by atoms with Gasteiger partial charge in [-0.1, -0.05) is 22.0 Å². The minimum Gasteiger partial charge on any atom is -0.487 e. The van der Waals surface area contributed by atoms with Gasteiger partial charge in [0.05, 0.1) is 17.6 Å². The number of nitro groups is 1. The van der Waals surface area contributed by atoms with E-state index in [0.29, 0.717) is 23.8 Å². The quantitative estimate of drug-likeness (QED) is 0.326. The van der Waals surface area contributed by atoms with Crippen LogP contribution < -0.4 is 4.74 Å². The lowest BCUT2D eigenvalue weighted by Crippen LogP contribution is -2.08. The summed E-state index contributed by atoms with van der Waals surface area (Å²) in [6.07, 6.45) is 4.38. The Kier molecular flexibility index (Phi) is 5.79. The zero-order valence-corrected chi connectivity index (χ0v) is 12.8. The lowest BCUT2D eigenvalue weighted by atomic mass is 10.1. The number of hydrogen-bond acceptors (Lipinski definition) is 4. The van der Waals surface area contributed by atoms with Crippen molar-refractivity contribution in [1.29, 1.82) is 0 Å². The van der Waals surface area contributed by atoms with Gasteiger partial charge in [-0.15, -0.1) is 0 Å². The highest BCUT2D eigenvalue weighted by Gasteiger charge is 2.17. The van der Waals surface area contributed by atoms with Crippen LogP contribution in [0.15, 0.2) is 18.2 Å². The summed E-state index contributed by atoms with van der Waals surface area (Å²) in [7, 11) is 0. The molecule has 0 bridgehead atoms. The number of alkyl halides is 1. The van der Waals surface area contributed by atoms with Crippen molar-refractivity contribution >= 4 is 21.6 Å². The summed E-state index contributed by atoms with van der Waals surface area (Å²) in [5, 5.41) is 11.6. The molecule has 0 spiro atoms. The van der Waals surface area contributed by atoms with E-state index in [9.17, 15) is 10.1 Å². The van der Waals surface area contributed by atoms with E-state index in [1.165, 1.54) is 0 Å². The topological polar surface area (TPSA) is 61.6 Å². The second-order valence-electron chi connectivity index (χ2n) is 4.82. The molecule has 5 nitrogen and oxygen atoms in total. The molecule has 6 heteroatoms. The van der Waals surface area contributed by atoms with E-state index in [1.54, 1.807) is 12.1 Å². The van der Waals surface area contributed by atoms with E-state index in [2.05, 4.69) is 15.9 Å². The van der Waals surface area contributed by atoms with E-state index in [4.69, 9.17) is 9.47 Å². The second-order valence-corrected chi connectivity index (χ2v) is 5.38. The molecule has 1 aliphatic rings. The Balaban J connectivity index is 1.86. The molecule has 2 rings (SSSR count). The van der Waals surface area contributed by atoms with E-state index in [1.807, 2.05) is 6.07 Å². The molecule has 0 saturated carbocycles. The summed E-state index contributed by atoms with van der Waals surface area (Å²) in [6, 6.07) is 5.04. The summed E-state index contributed by atoms with van der Waals surface area (Å²) in [5.41, 5.74) is 0.891. The number of hydrogen-bond donors (Lipinski definition) is 0. The van der Waals surface area contributed by atoms with Gasteiger partial charge in [-0.2, -0.15) is 0 Å². The molecule has 1 aliphatic heterocycles. The average molecular weight is 344 g/mol. The Hall–Kier alpha value is -1.14. The lowest BCUT2D eigenvalue weighted by molar-refractivity contribution is -0.385. The second kappa shape index (κ2) is 7.59. The van der Waals surface area contributed by atoms with Gasteiger partial charge in [0.15, 0.2) is 5.75 Å². The maximum absolute atomic E-state index is 11.0. The number of rotatable bonds is 7. The van der Waals surface area contributed by atoms with Crippen molar-refractivity contribution < 1.29 is 14.4 Å². The van der Waals surface area contributed by atoms with Gasteiger partial charge in [0.25, 0.3) is 0 Å². The normalized spacial score (nSPS) is 18.1. The summed E-state index contributed by atoms with van der Waals surface area (Å²) >= 11 is 3.29. The molecule has 20 heavy (non-hydrogen) atoms. The van der Waals surface area contributed by atoms with Crippen molar-refractivity contribution in [3.05, 3.63) is 33.9 Å². The molecule has 1 fully saturated rings. The fourth-order valence-electron chi connectivity index (χ4n) is 2.28. The van der Waals surface area contributed by atoms with E-state index < -0.39 is 4.92 Å². The molecule has 1 saturated heterocycles. The predicted molar refractivity (Wildman–Crippen MR) is 79.4 cm³/mol. The highest BCUT2D eigenvalue weighted by Crippen LogP contribution is 2.29. The molecular formula is C14H18BrNO4. The molecule has 0 N–H and O–H groups in total. The number of ether oxygens (including phenoxy) is 2. The monoisotopic (exact) mass is 343 g/mol. The first-order chi connectivity index (χ1) is 9.70. The fourth-order valence-corrected chi connectivity index (χ4v) is 2.62. The number of nitrogens with zero attached hydrogens (tertiary/aromatic N) is 1. The molecule has 1 atom stereocenters. The van der Waals surface area contributed by atoms with Crippen LogP contribution in [0.25, 0.3) is 0 Å². The molecule has 1 aromatic rings. The van der Waals surface area contributed by atoms with Crippen molar-refractivity contribution in [3.63, 3.8) is 0 Å². The molecular weight excluding hydrogens is 326 g/mol. The first-order valence-electron chi connectivity index (χ1n) is 6.78. The third-order valence-electron chi connectivity index (χ3n) is 3.33. The van der Waals surface area contributed by atoms with Crippen LogP contribution in [-0.4, -0.2) is 24.2 Å². The third-order valence-corrected chi connectivity index (χ3v) is 3.97. The van der Waals surface area contributed by atoms with Crippen LogP contribution in [0.3, 0.4) is 0 Å². The Morgan fingerprint density at radius 1 is 1.50 bits per heavy atom. The number of halogens is 1. The van der Waals surface area contributed by atoms with Crippen LogP contribution in [-0.2, 0) is 10.1 Å². The highest BCUT2D eigenvalue weighted by molar-refractivity contribution is 9.08. The lowest BCUT2D eigenvalue weighted by Gasteiger charge is -2.10. The SMILES string of the molecule is O=[N+]([O-])c1cc(CBr)ccc1OCCCC1CCCO1. The van der Waals surface area contributed by atoms with Crippen LogP contribution in [0.1, 0.15) is 31.2 Å². The first kappa shape index (κ1) is 15.3. The predicted octanol–water partition coefficient (Wildman–Crippen LogP) is 3.83. The summed E-state index contributed by atoms with van der Waals surface area (Å²) in [5.74, 6) is 0.340. The van der Waals surface area contributed by atoms with Crippen LogP contribution in [0, 0.1) is 10.1 Å². The van der Waals surface area contributed by atoms with Gasteiger partial charge in [-0.05, 0) is 37.3 Å². The van der Waals surface area contributed by atoms with Gasteiger partial charge in [0.1, 0.15) is 0 Å². The van der Waals surface area contributed by atoms with E-state index >= 15 is 0 Å². The summed E-state index contributed by atoms with van der Waals surface area (Å²) < 4.78 is 11.1. The summed E-state index contributed by atoms with van der Waals surface area (Å²) in [4.78, 5) is 10.6. The molecule has 1 aromatic carbocycles. The fraction of sp³-hybridized carbons (Fsp3) is 0.571. The van der Waals surface area contributed by atoms with Gasteiger partial charge in [-0.25, -0.2) is 0 Å². The average Bonchev–Trinajstić information content (AvgIpc) is 2.96. The van der Waals surface area contributed by atoms with E-state index in [0.717, 1.165) is 37.9 Å². The third kappa shape index (κ3) is 4.18. The standard InChI is InChI=1S/C14H18BrNO4/c15-10-11-5-6-14(13(9-11)16(17)18)20-8-2-4-12-3-1-7-19-12/h5-6,9,12H,1-4,7-8,10H2. The summed E-state index contributed by atoms with van der Waals surface area (Å²) in [6.45, 7) is 1.33. The molecule has 0 amide bonds. The van der Waals surface area contributed by atoms with Crippen molar-refractivity contribution in [2.24, 2.45) is 0 Å². The number of benzene rings is 1. The molecule has 0 radical (unpaired) electrons. The van der Waals surface area contributed by atoms with Crippen LogP contribution in [0.4, 0.5) is 5.69 Å². The van der Waals surface area contributed by atoms with Crippen LogP contribution >= 0.6 is 15.9 Å². The van der Waals surface area contributed by atoms with Crippen LogP contribution in [0.5, 0.6) is 5.75 Å². The van der Waals surface area contributed by atoms with Gasteiger partial charge in [0.2, 0.25) is 0 Å². The van der Waals surface area contributed by atoms with Crippen molar-refractivity contribution in [2.75, 3.05) is 13.2 Å². The van der Waals surface area contributed by atoms with Gasteiger partial charge >= 0.3 is 5.69 Å². The van der Waals surface area contributed by atoms with Crippen LogP contribution in [0.2, 0.25) is 0 Å². The zero-order valence-electron chi connectivity index (χ0n) is 11.2. The van der Waals surface area contributed by atoms with Crippen molar-refractivity contribution in [1.82, 2.24) is 0 Å². The minimum atomic E-state index is -0.401. The highest BCUT2D eigenvalue weighted by atomic mass is 79.9. The van der Waals surface area contributed by atoms with E-state index in [-0.39, 0.29) is 5.69 Å². The van der Waals surface area contributed by atoms with Gasteiger partial charge < -0.3 is 9.47 Å². The Labute approximate surface area is 126 Å². The first-order valence-corrected chi connectivity index (χ1v) is 7.90. The Bertz CT molecular complexity index is 460. The van der Waals surface area contributed by atoms with Crippen molar-refractivity contribution in [2.45, 2.75) is 37.1 Å². The Morgan fingerprint density at radius 2 is 2.35 bits per heavy atom. The number of nitro benzene ring substituents is 1. The molecule has 1 unspecified atom stereocenters. The van der Waals surface area contributed by atoms with Gasteiger partial charge in [-0.3, -0.25) is 10.1 Å². The Morgan fingerprint density at radius 3 is 3.00 bits per heavy atom. The largest absolute Gasteiger partial charge is 0.487 e. The molecule has 0 aliphatic carbocycles. The zero-order chi connectivity index (χ0) is 14.4.